The lowest BCUT2D eigenvalue weighted by atomic mass is 9.70. The van der Waals surface area contributed by atoms with Crippen molar-refractivity contribution < 1.29 is 4.79 Å². The van der Waals surface area contributed by atoms with Crippen molar-refractivity contribution in [3.8, 4) is 0 Å². The Morgan fingerprint density at radius 2 is 1.47 bits per heavy atom. The van der Waals surface area contributed by atoms with Gasteiger partial charge in [-0.2, -0.15) is 0 Å². The zero-order valence-corrected chi connectivity index (χ0v) is 12.7. The second kappa shape index (κ2) is 7.42. The molecule has 1 heterocycles. The second-order valence-electron chi connectivity index (χ2n) is 6.66. The van der Waals surface area contributed by atoms with E-state index in [-0.39, 0.29) is 5.54 Å². The third-order valence-electron chi connectivity index (χ3n) is 5.37. The first-order valence-electron chi connectivity index (χ1n) is 8.52. The van der Waals surface area contributed by atoms with Gasteiger partial charge in [-0.1, -0.05) is 51.4 Å². The van der Waals surface area contributed by atoms with Gasteiger partial charge >= 0.3 is 0 Å². The lowest BCUT2D eigenvalue weighted by molar-refractivity contribution is -0.126. The van der Waals surface area contributed by atoms with Crippen LogP contribution >= 0.6 is 0 Å². The molecule has 2 heteroatoms. The molecule has 0 spiro atoms. The summed E-state index contributed by atoms with van der Waals surface area (Å²) >= 11 is 0. The first kappa shape index (κ1) is 15.0. The maximum Gasteiger partial charge on any atom is 0.150 e. The van der Waals surface area contributed by atoms with Crippen LogP contribution in [0.15, 0.2) is 0 Å². The zero-order chi connectivity index (χ0) is 13.6. The normalized spacial score (nSPS) is 31.8. The predicted octanol–water partition coefficient (Wildman–Crippen LogP) is 4.23. The average molecular weight is 265 g/mol. The van der Waals surface area contributed by atoms with E-state index >= 15 is 0 Å². The summed E-state index contributed by atoms with van der Waals surface area (Å²) in [6.07, 6.45) is 15.5. The summed E-state index contributed by atoms with van der Waals surface area (Å²) in [5, 5.41) is 3.70. The van der Waals surface area contributed by atoms with Crippen LogP contribution in [0, 0.1) is 5.92 Å². The van der Waals surface area contributed by atoms with E-state index in [4.69, 9.17) is 0 Å². The number of Topliss-reactive ketones (excluding diaryl/α,β-unsaturated/α-hetero) is 1. The highest BCUT2D eigenvalue weighted by Gasteiger charge is 2.41. The molecule has 0 bridgehead atoms. The fourth-order valence-electron chi connectivity index (χ4n) is 4.17. The van der Waals surface area contributed by atoms with E-state index in [1.165, 1.54) is 70.6 Å². The van der Waals surface area contributed by atoms with Crippen molar-refractivity contribution in [2.24, 2.45) is 5.92 Å². The van der Waals surface area contributed by atoms with E-state index in [0.717, 1.165) is 13.0 Å². The molecule has 2 rings (SSSR count). The van der Waals surface area contributed by atoms with Gasteiger partial charge in [0.2, 0.25) is 0 Å². The summed E-state index contributed by atoms with van der Waals surface area (Å²) < 4.78 is 0. The van der Waals surface area contributed by atoms with Crippen LogP contribution < -0.4 is 5.32 Å². The largest absolute Gasteiger partial charge is 0.305 e. The van der Waals surface area contributed by atoms with Crippen LogP contribution in [0.2, 0.25) is 0 Å². The third kappa shape index (κ3) is 3.81. The molecule has 0 radical (unpaired) electrons. The lowest BCUT2D eigenvalue weighted by Crippen LogP contribution is -2.57. The molecule has 2 fully saturated rings. The van der Waals surface area contributed by atoms with Gasteiger partial charge in [0.05, 0.1) is 5.54 Å². The number of carbonyl (C=O) groups excluding carboxylic acids is 1. The number of ketones is 1. The van der Waals surface area contributed by atoms with Crippen LogP contribution in [0.25, 0.3) is 0 Å². The Balaban J connectivity index is 2.12. The van der Waals surface area contributed by atoms with Crippen molar-refractivity contribution in [3.63, 3.8) is 0 Å². The van der Waals surface area contributed by atoms with Gasteiger partial charge in [-0.15, -0.1) is 0 Å². The molecule has 1 aliphatic carbocycles. The molecule has 1 saturated heterocycles. The lowest BCUT2D eigenvalue weighted by Gasteiger charge is -2.42. The molecular formula is C17H31NO. The smallest absolute Gasteiger partial charge is 0.150 e. The Hall–Kier alpha value is -0.370. The maximum absolute atomic E-state index is 12.4. The number of nitrogens with one attached hydrogen (secondary N) is 1. The first-order chi connectivity index (χ1) is 9.26. The monoisotopic (exact) mass is 265 g/mol. The molecule has 1 unspecified atom stereocenters. The standard InChI is InChI=1S/C17H31NO/c1-15(19)17(13-9-5-6-10-14-18-17)16-11-7-3-2-4-8-12-16/h16,18H,2-14H2,1H3. The minimum atomic E-state index is -0.183. The molecule has 2 aliphatic rings. The quantitative estimate of drug-likeness (QED) is 0.809. The molecule has 0 amide bonds. The molecule has 1 N–H and O–H groups in total. The van der Waals surface area contributed by atoms with Gasteiger partial charge in [0.25, 0.3) is 0 Å². The summed E-state index contributed by atoms with van der Waals surface area (Å²) in [7, 11) is 0. The van der Waals surface area contributed by atoms with Crippen LogP contribution in [-0.2, 0) is 4.79 Å². The molecule has 1 saturated carbocycles. The summed E-state index contributed by atoms with van der Waals surface area (Å²) in [4.78, 5) is 12.4. The van der Waals surface area contributed by atoms with E-state index in [1.807, 2.05) is 6.92 Å². The Labute approximate surface area is 118 Å². The number of hydrogen-bond acceptors (Lipinski definition) is 2. The maximum atomic E-state index is 12.4. The van der Waals surface area contributed by atoms with Crippen molar-refractivity contribution in [1.29, 1.82) is 0 Å². The Kier molecular flexibility index (Phi) is 5.87. The van der Waals surface area contributed by atoms with Crippen molar-refractivity contribution in [2.45, 2.75) is 89.5 Å². The molecule has 0 aromatic carbocycles. The van der Waals surface area contributed by atoms with Gasteiger partial charge in [0.15, 0.2) is 0 Å². The molecule has 0 aromatic rings. The molecule has 19 heavy (non-hydrogen) atoms. The molecule has 0 aromatic heterocycles. The van der Waals surface area contributed by atoms with Crippen LogP contribution in [-0.4, -0.2) is 17.9 Å². The minimum absolute atomic E-state index is 0.183. The summed E-state index contributed by atoms with van der Waals surface area (Å²) in [6.45, 7) is 2.86. The van der Waals surface area contributed by atoms with Gasteiger partial charge < -0.3 is 5.32 Å². The first-order valence-corrected chi connectivity index (χ1v) is 8.52. The molecule has 2 nitrogen and oxygen atoms in total. The van der Waals surface area contributed by atoms with Crippen molar-refractivity contribution >= 4 is 5.78 Å². The van der Waals surface area contributed by atoms with Gasteiger partial charge in [-0.05, 0) is 45.1 Å². The van der Waals surface area contributed by atoms with Gasteiger partial charge in [-0.3, -0.25) is 4.79 Å². The van der Waals surface area contributed by atoms with Crippen LogP contribution in [0.5, 0.6) is 0 Å². The fraction of sp³-hybridized carbons (Fsp3) is 0.941. The molecule has 1 aliphatic heterocycles. The Bertz CT molecular complexity index is 271. The number of carbonyl (C=O) groups is 1. The van der Waals surface area contributed by atoms with E-state index < -0.39 is 0 Å². The highest BCUT2D eigenvalue weighted by Crippen LogP contribution is 2.36. The summed E-state index contributed by atoms with van der Waals surface area (Å²) in [6, 6.07) is 0. The van der Waals surface area contributed by atoms with Gasteiger partial charge in [0.1, 0.15) is 5.78 Å². The Morgan fingerprint density at radius 3 is 2.16 bits per heavy atom. The van der Waals surface area contributed by atoms with Crippen molar-refractivity contribution in [1.82, 2.24) is 5.32 Å². The van der Waals surface area contributed by atoms with E-state index in [9.17, 15) is 4.79 Å². The van der Waals surface area contributed by atoms with Crippen LogP contribution in [0.3, 0.4) is 0 Å². The number of rotatable bonds is 2. The average Bonchev–Trinajstić information content (AvgIpc) is 2.29. The highest BCUT2D eigenvalue weighted by molar-refractivity contribution is 5.86. The van der Waals surface area contributed by atoms with Crippen molar-refractivity contribution in [3.05, 3.63) is 0 Å². The Morgan fingerprint density at radius 1 is 0.895 bits per heavy atom. The van der Waals surface area contributed by atoms with Crippen molar-refractivity contribution in [2.75, 3.05) is 6.54 Å². The topological polar surface area (TPSA) is 29.1 Å². The highest BCUT2D eigenvalue weighted by atomic mass is 16.1. The summed E-state index contributed by atoms with van der Waals surface area (Å²) in [5.74, 6) is 0.989. The summed E-state index contributed by atoms with van der Waals surface area (Å²) in [5.41, 5.74) is -0.183. The van der Waals surface area contributed by atoms with Crippen LogP contribution in [0.1, 0.15) is 84.0 Å². The predicted molar refractivity (Wildman–Crippen MR) is 80.3 cm³/mol. The van der Waals surface area contributed by atoms with Gasteiger partial charge in [0, 0.05) is 0 Å². The molecule has 110 valence electrons. The van der Waals surface area contributed by atoms with E-state index in [0.29, 0.717) is 11.7 Å². The van der Waals surface area contributed by atoms with E-state index in [1.54, 1.807) is 0 Å². The zero-order valence-electron chi connectivity index (χ0n) is 12.7. The van der Waals surface area contributed by atoms with E-state index in [2.05, 4.69) is 5.32 Å². The molecular weight excluding hydrogens is 234 g/mol. The number of hydrogen-bond donors (Lipinski definition) is 1. The minimum Gasteiger partial charge on any atom is -0.305 e. The fourth-order valence-corrected chi connectivity index (χ4v) is 4.17. The molecule has 1 atom stereocenters. The third-order valence-corrected chi connectivity index (χ3v) is 5.37. The second-order valence-corrected chi connectivity index (χ2v) is 6.66. The van der Waals surface area contributed by atoms with Gasteiger partial charge in [-0.25, -0.2) is 0 Å². The van der Waals surface area contributed by atoms with Crippen LogP contribution in [0.4, 0.5) is 0 Å². The SMILES string of the molecule is CC(=O)C1(C2CCCCCCC2)CCCCCCN1.